The fraction of sp³-hybridized carbons (Fsp3) is 0.429. The molecule has 0 radical (unpaired) electrons. The van der Waals surface area contributed by atoms with Gasteiger partial charge in [0.05, 0.1) is 6.61 Å². The van der Waals surface area contributed by atoms with Crippen molar-refractivity contribution in [2.75, 3.05) is 31.7 Å². The van der Waals surface area contributed by atoms with E-state index in [1.165, 1.54) is 0 Å². The van der Waals surface area contributed by atoms with Gasteiger partial charge in [-0.2, -0.15) is 0 Å². The minimum atomic E-state index is 0.0280. The largest absolute Gasteiger partial charge is 0.383 e. The molecule has 1 atom stereocenters. The van der Waals surface area contributed by atoms with Crippen LogP contribution in [-0.4, -0.2) is 26.8 Å². The number of nitrogens with two attached hydrogens (primary N) is 1. The van der Waals surface area contributed by atoms with E-state index in [1.54, 1.807) is 7.11 Å². The third-order valence-corrected chi connectivity index (χ3v) is 3.44. The Hall–Kier alpha value is -0.840. The molecule has 0 saturated heterocycles. The van der Waals surface area contributed by atoms with Crippen molar-refractivity contribution in [3.05, 3.63) is 40.9 Å². The number of hydrogen-bond donors (Lipinski definition) is 1. The van der Waals surface area contributed by atoms with Gasteiger partial charge in [-0.3, -0.25) is 0 Å². The van der Waals surface area contributed by atoms with E-state index >= 15 is 0 Å². The van der Waals surface area contributed by atoms with Crippen LogP contribution in [0.15, 0.2) is 35.3 Å². The highest BCUT2D eigenvalue weighted by Crippen LogP contribution is 2.27. The van der Waals surface area contributed by atoms with Crippen LogP contribution in [0.25, 0.3) is 0 Å². The molecule has 0 fully saturated rings. The lowest BCUT2D eigenvalue weighted by Crippen LogP contribution is -2.27. The van der Waals surface area contributed by atoms with Crippen LogP contribution in [-0.2, 0) is 4.74 Å². The molecule has 4 heteroatoms. The summed E-state index contributed by atoms with van der Waals surface area (Å²) >= 11 is 3.57. The second kappa shape index (κ2) is 7.56. The van der Waals surface area contributed by atoms with E-state index in [0.29, 0.717) is 6.61 Å². The topological polar surface area (TPSA) is 38.5 Å². The average molecular weight is 313 g/mol. The summed E-state index contributed by atoms with van der Waals surface area (Å²) in [5.41, 5.74) is 8.16. The second-order valence-corrected chi connectivity index (χ2v) is 5.08. The van der Waals surface area contributed by atoms with Crippen LogP contribution in [0, 0.1) is 0 Å². The number of nitrogens with zero attached hydrogens (tertiary/aromatic N) is 1. The molecule has 0 saturated carbocycles. The first kappa shape index (κ1) is 15.2. The van der Waals surface area contributed by atoms with Crippen LogP contribution < -0.4 is 10.6 Å². The van der Waals surface area contributed by atoms with Gasteiger partial charge in [0.2, 0.25) is 0 Å². The van der Waals surface area contributed by atoms with Crippen molar-refractivity contribution in [1.29, 1.82) is 0 Å². The number of rotatable bonds is 7. The maximum Gasteiger partial charge on any atom is 0.0637 e. The maximum absolute atomic E-state index is 5.90. The van der Waals surface area contributed by atoms with E-state index in [2.05, 4.69) is 45.6 Å². The van der Waals surface area contributed by atoms with Gasteiger partial charge < -0.3 is 15.4 Å². The van der Waals surface area contributed by atoms with Gasteiger partial charge in [-0.05, 0) is 24.6 Å². The van der Waals surface area contributed by atoms with Crippen molar-refractivity contribution in [2.24, 2.45) is 5.73 Å². The number of hydrogen-bond acceptors (Lipinski definition) is 3. The van der Waals surface area contributed by atoms with Crippen LogP contribution >= 0.6 is 15.9 Å². The van der Waals surface area contributed by atoms with Crippen molar-refractivity contribution in [3.8, 4) is 0 Å². The number of halogens is 1. The Morgan fingerprint density at radius 1 is 1.56 bits per heavy atom. The Morgan fingerprint density at radius 3 is 2.78 bits per heavy atom. The third kappa shape index (κ3) is 4.12. The van der Waals surface area contributed by atoms with Gasteiger partial charge in [-0.1, -0.05) is 28.1 Å². The molecular weight excluding hydrogens is 292 g/mol. The SMILES string of the molecule is C=CCN(CCOC)c1ccc(C(C)N)c(Br)c1. The third-order valence-electron chi connectivity index (χ3n) is 2.75. The lowest BCUT2D eigenvalue weighted by atomic mass is 10.1. The fourth-order valence-electron chi connectivity index (χ4n) is 1.77. The average Bonchev–Trinajstić information content (AvgIpc) is 2.33. The Morgan fingerprint density at radius 2 is 2.28 bits per heavy atom. The first-order chi connectivity index (χ1) is 8.60. The zero-order chi connectivity index (χ0) is 13.5. The molecular formula is C14H21BrN2O. The van der Waals surface area contributed by atoms with E-state index in [0.717, 1.165) is 28.8 Å². The first-order valence-electron chi connectivity index (χ1n) is 6.00. The Kier molecular flexibility index (Phi) is 6.39. The molecule has 0 spiro atoms. The zero-order valence-electron chi connectivity index (χ0n) is 11.0. The quantitative estimate of drug-likeness (QED) is 0.786. The molecule has 0 aliphatic heterocycles. The number of benzene rings is 1. The van der Waals surface area contributed by atoms with Crippen molar-refractivity contribution < 1.29 is 4.74 Å². The van der Waals surface area contributed by atoms with E-state index in [4.69, 9.17) is 10.5 Å². The highest BCUT2D eigenvalue weighted by Gasteiger charge is 2.09. The van der Waals surface area contributed by atoms with Crippen LogP contribution in [0.5, 0.6) is 0 Å². The molecule has 0 heterocycles. The summed E-state index contributed by atoms with van der Waals surface area (Å²) in [5.74, 6) is 0. The predicted octanol–water partition coefficient (Wildman–Crippen LogP) is 3.11. The van der Waals surface area contributed by atoms with Gasteiger partial charge in [-0.15, -0.1) is 6.58 Å². The van der Waals surface area contributed by atoms with Crippen molar-refractivity contribution in [1.82, 2.24) is 0 Å². The number of anilines is 1. The minimum absolute atomic E-state index is 0.0280. The van der Waals surface area contributed by atoms with Gasteiger partial charge in [0.1, 0.15) is 0 Å². The molecule has 3 nitrogen and oxygen atoms in total. The summed E-state index contributed by atoms with van der Waals surface area (Å²) in [6.45, 7) is 8.10. The summed E-state index contributed by atoms with van der Waals surface area (Å²) < 4.78 is 6.17. The summed E-state index contributed by atoms with van der Waals surface area (Å²) in [5, 5.41) is 0. The van der Waals surface area contributed by atoms with Crippen molar-refractivity contribution in [2.45, 2.75) is 13.0 Å². The van der Waals surface area contributed by atoms with Gasteiger partial charge >= 0.3 is 0 Å². The van der Waals surface area contributed by atoms with Gasteiger partial charge in [0.15, 0.2) is 0 Å². The molecule has 0 bridgehead atoms. The van der Waals surface area contributed by atoms with Crippen LogP contribution in [0.1, 0.15) is 18.5 Å². The highest BCUT2D eigenvalue weighted by molar-refractivity contribution is 9.10. The van der Waals surface area contributed by atoms with Gasteiger partial charge in [-0.25, -0.2) is 0 Å². The number of ether oxygens (including phenoxy) is 1. The van der Waals surface area contributed by atoms with Crippen LogP contribution in [0.4, 0.5) is 5.69 Å². The molecule has 1 aromatic rings. The smallest absolute Gasteiger partial charge is 0.0637 e. The van der Waals surface area contributed by atoms with Gasteiger partial charge in [0, 0.05) is 36.4 Å². The molecule has 1 rings (SSSR count). The molecule has 100 valence electrons. The second-order valence-electron chi connectivity index (χ2n) is 4.22. The van der Waals surface area contributed by atoms with Crippen LogP contribution in [0.3, 0.4) is 0 Å². The summed E-state index contributed by atoms with van der Waals surface area (Å²) in [6.07, 6.45) is 1.89. The predicted molar refractivity (Wildman–Crippen MR) is 81.0 cm³/mol. The van der Waals surface area contributed by atoms with E-state index in [1.807, 2.05) is 13.0 Å². The van der Waals surface area contributed by atoms with E-state index < -0.39 is 0 Å². The van der Waals surface area contributed by atoms with E-state index in [-0.39, 0.29) is 6.04 Å². The maximum atomic E-state index is 5.90. The zero-order valence-corrected chi connectivity index (χ0v) is 12.6. The summed E-state index contributed by atoms with van der Waals surface area (Å²) in [7, 11) is 1.71. The monoisotopic (exact) mass is 312 g/mol. The molecule has 0 amide bonds. The minimum Gasteiger partial charge on any atom is -0.383 e. The van der Waals surface area contributed by atoms with Crippen LogP contribution in [0.2, 0.25) is 0 Å². The number of methoxy groups -OCH3 is 1. The molecule has 1 aromatic carbocycles. The Labute approximate surface area is 118 Å². The molecule has 0 aromatic heterocycles. The molecule has 18 heavy (non-hydrogen) atoms. The highest BCUT2D eigenvalue weighted by atomic mass is 79.9. The first-order valence-corrected chi connectivity index (χ1v) is 6.79. The Bertz CT molecular complexity index is 393. The fourth-order valence-corrected chi connectivity index (χ4v) is 2.49. The van der Waals surface area contributed by atoms with Crippen molar-refractivity contribution in [3.63, 3.8) is 0 Å². The Balaban J connectivity index is 2.91. The molecule has 0 aliphatic rings. The lowest BCUT2D eigenvalue weighted by Gasteiger charge is -2.24. The van der Waals surface area contributed by atoms with Gasteiger partial charge in [0.25, 0.3) is 0 Å². The van der Waals surface area contributed by atoms with Crippen molar-refractivity contribution >= 4 is 21.6 Å². The lowest BCUT2D eigenvalue weighted by molar-refractivity contribution is 0.206. The molecule has 2 N–H and O–H groups in total. The summed E-state index contributed by atoms with van der Waals surface area (Å²) in [6, 6.07) is 6.27. The van der Waals surface area contributed by atoms with E-state index in [9.17, 15) is 0 Å². The molecule has 0 aliphatic carbocycles. The molecule has 1 unspecified atom stereocenters. The normalized spacial score (nSPS) is 12.2. The standard InChI is InChI=1S/C14H21BrN2O/c1-4-7-17(8-9-18-3)12-5-6-13(11(2)16)14(15)10-12/h4-6,10-11H,1,7-9,16H2,2-3H3. The summed E-state index contributed by atoms with van der Waals surface area (Å²) in [4.78, 5) is 2.21.